The number of benzene rings is 1. The van der Waals surface area contributed by atoms with Crippen molar-refractivity contribution in [1.29, 1.82) is 0 Å². The number of nitrogens with zero attached hydrogens (tertiary/aromatic N) is 2. The normalized spacial score (nSPS) is 20.2. The van der Waals surface area contributed by atoms with E-state index in [2.05, 4.69) is 34.3 Å². The fourth-order valence-corrected chi connectivity index (χ4v) is 4.93. The fraction of sp³-hybridized carbons (Fsp3) is 0.696. The van der Waals surface area contributed by atoms with Crippen molar-refractivity contribution in [3.05, 3.63) is 29.8 Å². The Kier molecular flexibility index (Phi) is 8.41. The lowest BCUT2D eigenvalue weighted by Gasteiger charge is -2.40. The standard InChI is InChI=1S/C23H37N3OS/c1-25-16-14-21(15-17-25)26(18-19-10-8-9-13-22(19)27-2)23(28)24-20-11-6-4-3-5-7-12-20/h8-10,13,20-21H,3-7,11-12,14-18H2,1-2H3,(H,24,28). The number of rotatable bonds is 5. The molecule has 1 aromatic rings. The molecule has 0 bridgehead atoms. The average Bonchev–Trinajstić information content (AvgIpc) is 2.69. The molecule has 0 aromatic heterocycles. The van der Waals surface area contributed by atoms with Gasteiger partial charge in [-0.1, -0.05) is 50.3 Å². The van der Waals surface area contributed by atoms with E-state index >= 15 is 0 Å². The molecule has 28 heavy (non-hydrogen) atoms. The van der Waals surface area contributed by atoms with E-state index in [0.717, 1.165) is 43.3 Å². The van der Waals surface area contributed by atoms with Gasteiger partial charge in [-0.3, -0.25) is 0 Å². The maximum absolute atomic E-state index is 5.98. The molecule has 0 amide bonds. The third kappa shape index (κ3) is 6.08. The van der Waals surface area contributed by atoms with Gasteiger partial charge in [0.15, 0.2) is 5.11 Å². The predicted octanol–water partition coefficient (Wildman–Crippen LogP) is 4.58. The minimum absolute atomic E-state index is 0.495. The van der Waals surface area contributed by atoms with Crippen molar-refractivity contribution in [2.45, 2.75) is 76.4 Å². The number of thiocarbonyl (C=S) groups is 1. The molecule has 0 radical (unpaired) electrons. The Bertz CT molecular complexity index is 608. The molecular formula is C23H37N3OS. The molecule has 2 aliphatic rings. The molecule has 4 nitrogen and oxygen atoms in total. The van der Waals surface area contributed by atoms with E-state index in [1.54, 1.807) is 7.11 Å². The van der Waals surface area contributed by atoms with E-state index in [4.69, 9.17) is 17.0 Å². The van der Waals surface area contributed by atoms with E-state index in [1.807, 2.05) is 12.1 Å². The molecule has 0 spiro atoms. The van der Waals surface area contributed by atoms with Crippen molar-refractivity contribution < 1.29 is 4.74 Å². The lowest BCUT2D eigenvalue weighted by Crippen LogP contribution is -2.51. The molecule has 0 unspecified atom stereocenters. The van der Waals surface area contributed by atoms with Crippen LogP contribution in [0.2, 0.25) is 0 Å². The van der Waals surface area contributed by atoms with Crippen molar-refractivity contribution in [3.63, 3.8) is 0 Å². The Labute approximate surface area is 176 Å². The average molecular weight is 404 g/mol. The van der Waals surface area contributed by atoms with Crippen LogP contribution >= 0.6 is 12.2 Å². The number of piperidine rings is 1. The smallest absolute Gasteiger partial charge is 0.169 e. The summed E-state index contributed by atoms with van der Waals surface area (Å²) in [6, 6.07) is 9.37. The first-order valence-electron chi connectivity index (χ1n) is 11.0. The van der Waals surface area contributed by atoms with E-state index < -0.39 is 0 Å². The van der Waals surface area contributed by atoms with Gasteiger partial charge in [0.2, 0.25) is 0 Å². The Morgan fingerprint density at radius 2 is 1.71 bits per heavy atom. The van der Waals surface area contributed by atoms with Crippen LogP contribution in [-0.2, 0) is 6.54 Å². The number of likely N-dealkylation sites (tertiary alicyclic amines) is 1. The van der Waals surface area contributed by atoms with Crippen LogP contribution in [0.5, 0.6) is 5.75 Å². The third-order valence-corrected chi connectivity index (χ3v) is 6.71. The quantitative estimate of drug-likeness (QED) is 0.727. The zero-order chi connectivity index (χ0) is 19.8. The summed E-state index contributed by atoms with van der Waals surface area (Å²) in [7, 11) is 3.97. The molecule has 3 rings (SSSR count). The van der Waals surface area contributed by atoms with Gasteiger partial charge in [-0.25, -0.2) is 0 Å². The van der Waals surface area contributed by atoms with Crippen molar-refractivity contribution in [2.24, 2.45) is 0 Å². The second-order valence-corrected chi connectivity index (χ2v) is 8.85. The van der Waals surface area contributed by atoms with Gasteiger partial charge in [-0.2, -0.15) is 0 Å². The largest absolute Gasteiger partial charge is 0.496 e. The van der Waals surface area contributed by atoms with Crippen molar-refractivity contribution in [2.75, 3.05) is 27.2 Å². The van der Waals surface area contributed by atoms with Crippen LogP contribution in [0.1, 0.15) is 63.4 Å². The fourth-order valence-electron chi connectivity index (χ4n) is 4.55. The van der Waals surface area contributed by atoms with Crippen LogP contribution in [0.25, 0.3) is 0 Å². The molecule has 1 aliphatic carbocycles. The van der Waals surface area contributed by atoms with E-state index in [9.17, 15) is 0 Å². The zero-order valence-electron chi connectivity index (χ0n) is 17.7. The van der Waals surface area contributed by atoms with Gasteiger partial charge in [0.25, 0.3) is 0 Å². The lowest BCUT2D eigenvalue weighted by molar-refractivity contribution is 0.168. The van der Waals surface area contributed by atoms with Crippen molar-refractivity contribution in [1.82, 2.24) is 15.1 Å². The maximum atomic E-state index is 5.98. The summed E-state index contributed by atoms with van der Waals surface area (Å²) in [4.78, 5) is 4.86. The van der Waals surface area contributed by atoms with Gasteiger partial charge in [0.05, 0.1) is 7.11 Å². The maximum Gasteiger partial charge on any atom is 0.169 e. The number of hydrogen-bond acceptors (Lipinski definition) is 3. The number of para-hydroxylation sites is 1. The first-order chi connectivity index (χ1) is 13.7. The highest BCUT2D eigenvalue weighted by molar-refractivity contribution is 7.80. The summed E-state index contributed by atoms with van der Waals surface area (Å²) in [6.07, 6.45) is 11.6. The molecular weight excluding hydrogens is 366 g/mol. The van der Waals surface area contributed by atoms with Gasteiger partial charge in [-0.05, 0) is 64.1 Å². The molecule has 0 atom stereocenters. The summed E-state index contributed by atoms with van der Waals surface area (Å²) in [6.45, 7) is 3.09. The van der Waals surface area contributed by atoms with Crippen molar-refractivity contribution >= 4 is 17.3 Å². The molecule has 1 N–H and O–H groups in total. The number of methoxy groups -OCH3 is 1. The number of hydrogen-bond donors (Lipinski definition) is 1. The van der Waals surface area contributed by atoms with Crippen molar-refractivity contribution in [3.8, 4) is 5.75 Å². The highest BCUT2D eigenvalue weighted by Gasteiger charge is 2.27. The first kappa shape index (κ1) is 21.4. The summed E-state index contributed by atoms with van der Waals surface area (Å²) >= 11 is 5.98. The molecule has 1 saturated heterocycles. The van der Waals surface area contributed by atoms with Gasteiger partial charge < -0.3 is 19.9 Å². The molecule has 1 saturated carbocycles. The molecule has 1 aliphatic heterocycles. The van der Waals surface area contributed by atoms with E-state index in [1.165, 1.54) is 50.5 Å². The van der Waals surface area contributed by atoms with Crippen LogP contribution in [0.15, 0.2) is 24.3 Å². The Hall–Kier alpha value is -1.33. The Morgan fingerprint density at radius 3 is 2.39 bits per heavy atom. The zero-order valence-corrected chi connectivity index (χ0v) is 18.5. The van der Waals surface area contributed by atoms with Crippen LogP contribution in [0.3, 0.4) is 0 Å². The number of nitrogens with one attached hydrogen (secondary N) is 1. The molecule has 1 aromatic carbocycles. The lowest BCUT2D eigenvalue weighted by atomic mass is 9.97. The Balaban J connectivity index is 1.71. The number of ether oxygens (including phenoxy) is 1. The highest BCUT2D eigenvalue weighted by atomic mass is 32.1. The third-order valence-electron chi connectivity index (χ3n) is 6.36. The predicted molar refractivity (Wildman–Crippen MR) is 121 cm³/mol. The molecule has 5 heteroatoms. The first-order valence-corrected chi connectivity index (χ1v) is 11.5. The van der Waals surface area contributed by atoms with Crippen LogP contribution < -0.4 is 10.1 Å². The topological polar surface area (TPSA) is 27.7 Å². The second-order valence-electron chi connectivity index (χ2n) is 8.47. The summed E-state index contributed by atoms with van der Waals surface area (Å²) in [5.41, 5.74) is 1.21. The van der Waals surface area contributed by atoms with Gasteiger partial charge in [-0.15, -0.1) is 0 Å². The monoisotopic (exact) mass is 403 g/mol. The Morgan fingerprint density at radius 1 is 1.07 bits per heavy atom. The SMILES string of the molecule is COc1ccccc1CN(C(=S)NC1CCCCCCC1)C1CCN(C)CC1. The minimum Gasteiger partial charge on any atom is -0.496 e. The highest BCUT2D eigenvalue weighted by Crippen LogP contribution is 2.25. The van der Waals surface area contributed by atoms with Gasteiger partial charge in [0.1, 0.15) is 5.75 Å². The van der Waals surface area contributed by atoms with Crippen LogP contribution in [0.4, 0.5) is 0 Å². The van der Waals surface area contributed by atoms with E-state index in [0.29, 0.717) is 12.1 Å². The second kappa shape index (κ2) is 11.0. The van der Waals surface area contributed by atoms with Gasteiger partial charge >= 0.3 is 0 Å². The molecule has 1 heterocycles. The van der Waals surface area contributed by atoms with Crippen LogP contribution in [0, 0.1) is 0 Å². The molecule has 156 valence electrons. The summed E-state index contributed by atoms with van der Waals surface area (Å²) < 4.78 is 5.61. The summed E-state index contributed by atoms with van der Waals surface area (Å²) in [5, 5.41) is 4.69. The van der Waals surface area contributed by atoms with Gasteiger partial charge in [0, 0.05) is 24.2 Å². The summed E-state index contributed by atoms with van der Waals surface area (Å²) in [5.74, 6) is 0.953. The minimum atomic E-state index is 0.495. The van der Waals surface area contributed by atoms with E-state index in [-0.39, 0.29) is 0 Å². The van der Waals surface area contributed by atoms with Crippen LogP contribution in [-0.4, -0.2) is 54.2 Å². The molecule has 2 fully saturated rings.